The molecule has 0 fully saturated rings. The monoisotopic (exact) mass is 163 g/mol. The van der Waals surface area contributed by atoms with Crippen LogP contribution in [0.5, 0.6) is 0 Å². The molecular weight excluding hydrogens is 152 g/mol. The molecule has 0 saturated carbocycles. The van der Waals surface area contributed by atoms with Gasteiger partial charge in [0.2, 0.25) is 0 Å². The summed E-state index contributed by atoms with van der Waals surface area (Å²) in [5.74, 6) is 0.441. The normalized spacial score (nSPS) is 9.10. The summed E-state index contributed by atoms with van der Waals surface area (Å²) < 4.78 is 0. The van der Waals surface area contributed by atoms with E-state index in [0.717, 1.165) is 0 Å². The summed E-state index contributed by atoms with van der Waals surface area (Å²) in [6.07, 6.45) is 0. The molecule has 0 aromatic rings. The third kappa shape index (κ3) is 3.56. The number of hydrogen-bond donors (Lipinski definition) is 1. The first kappa shape index (κ1) is 9.56. The fourth-order valence-electron chi connectivity index (χ4n) is 0.391. The first-order chi connectivity index (χ1) is 4.72. The number of urea groups is 1. The standard InChI is InChI=1S/C6H12ClN2O/c1-3-9(2)6(10)8-5-4-7/h1,3-5H2,2H3,(H,8,10). The van der Waals surface area contributed by atoms with Crippen LogP contribution in [0, 0.1) is 6.92 Å². The molecule has 0 spiro atoms. The lowest BCUT2D eigenvalue weighted by molar-refractivity contribution is 0.213. The second-order valence-electron chi connectivity index (χ2n) is 1.84. The molecule has 0 rings (SSSR count). The summed E-state index contributed by atoms with van der Waals surface area (Å²) in [6.45, 7) is 4.52. The van der Waals surface area contributed by atoms with Gasteiger partial charge in [-0.2, -0.15) is 0 Å². The van der Waals surface area contributed by atoms with E-state index >= 15 is 0 Å². The zero-order valence-corrected chi connectivity index (χ0v) is 6.82. The van der Waals surface area contributed by atoms with Gasteiger partial charge in [0.05, 0.1) is 0 Å². The van der Waals surface area contributed by atoms with Crippen molar-refractivity contribution in [1.82, 2.24) is 10.2 Å². The fourth-order valence-corrected chi connectivity index (χ4v) is 0.485. The van der Waals surface area contributed by atoms with Crippen LogP contribution in [-0.2, 0) is 0 Å². The number of carbonyl (C=O) groups is 1. The Morgan fingerprint density at radius 1 is 1.80 bits per heavy atom. The molecule has 3 nitrogen and oxygen atoms in total. The maximum atomic E-state index is 10.8. The topological polar surface area (TPSA) is 32.3 Å². The maximum Gasteiger partial charge on any atom is 0.317 e. The molecule has 4 heteroatoms. The first-order valence-corrected chi connectivity index (χ1v) is 3.60. The minimum absolute atomic E-state index is 0.129. The van der Waals surface area contributed by atoms with E-state index in [4.69, 9.17) is 11.6 Å². The van der Waals surface area contributed by atoms with E-state index in [0.29, 0.717) is 19.0 Å². The van der Waals surface area contributed by atoms with Crippen LogP contribution in [0.3, 0.4) is 0 Å². The van der Waals surface area contributed by atoms with E-state index in [9.17, 15) is 4.79 Å². The van der Waals surface area contributed by atoms with Gasteiger partial charge >= 0.3 is 6.03 Å². The molecule has 0 heterocycles. The van der Waals surface area contributed by atoms with Gasteiger partial charge in [-0.1, -0.05) is 0 Å². The molecule has 0 bridgehead atoms. The largest absolute Gasteiger partial charge is 0.337 e. The number of amides is 2. The highest BCUT2D eigenvalue weighted by Crippen LogP contribution is 1.81. The van der Waals surface area contributed by atoms with E-state index < -0.39 is 0 Å². The SMILES string of the molecule is [CH2]CN(C)C(=O)NCCCl. The van der Waals surface area contributed by atoms with Crippen molar-refractivity contribution in [3.05, 3.63) is 6.92 Å². The second kappa shape index (κ2) is 5.35. The van der Waals surface area contributed by atoms with E-state index in [1.807, 2.05) is 0 Å². The van der Waals surface area contributed by atoms with Crippen LogP contribution < -0.4 is 5.32 Å². The van der Waals surface area contributed by atoms with Crippen LogP contribution in [0.1, 0.15) is 0 Å². The Morgan fingerprint density at radius 2 is 2.40 bits per heavy atom. The van der Waals surface area contributed by atoms with Crippen molar-refractivity contribution in [2.45, 2.75) is 0 Å². The Balaban J connectivity index is 3.42. The molecule has 0 aliphatic heterocycles. The minimum atomic E-state index is -0.129. The average Bonchev–Trinajstić information content (AvgIpc) is 1.98. The van der Waals surface area contributed by atoms with Crippen molar-refractivity contribution in [3.63, 3.8) is 0 Å². The van der Waals surface area contributed by atoms with Gasteiger partial charge in [-0.25, -0.2) is 4.79 Å². The van der Waals surface area contributed by atoms with Gasteiger partial charge in [0, 0.05) is 26.0 Å². The Kier molecular flexibility index (Phi) is 5.12. The van der Waals surface area contributed by atoms with Crippen molar-refractivity contribution < 1.29 is 4.79 Å². The summed E-state index contributed by atoms with van der Waals surface area (Å²) in [6, 6.07) is -0.129. The molecule has 10 heavy (non-hydrogen) atoms. The average molecular weight is 164 g/mol. The lowest BCUT2D eigenvalue weighted by Crippen LogP contribution is -2.37. The summed E-state index contributed by atoms with van der Waals surface area (Å²) in [4.78, 5) is 12.3. The number of carbonyl (C=O) groups excluding carboxylic acids is 1. The van der Waals surface area contributed by atoms with E-state index in [1.54, 1.807) is 7.05 Å². The summed E-state index contributed by atoms with van der Waals surface area (Å²) in [5.41, 5.74) is 0. The van der Waals surface area contributed by atoms with Gasteiger partial charge in [0.1, 0.15) is 0 Å². The van der Waals surface area contributed by atoms with Crippen LogP contribution in [0.4, 0.5) is 4.79 Å². The number of nitrogens with zero attached hydrogens (tertiary/aromatic N) is 1. The highest BCUT2D eigenvalue weighted by molar-refractivity contribution is 6.18. The third-order valence-electron chi connectivity index (χ3n) is 1.05. The Morgan fingerprint density at radius 3 is 2.80 bits per heavy atom. The van der Waals surface area contributed by atoms with Crippen LogP contribution in [-0.4, -0.2) is 36.9 Å². The number of halogens is 1. The van der Waals surface area contributed by atoms with Crippen LogP contribution in [0.25, 0.3) is 0 Å². The summed E-state index contributed by atoms with van der Waals surface area (Å²) >= 11 is 5.34. The third-order valence-corrected chi connectivity index (χ3v) is 1.24. The van der Waals surface area contributed by atoms with Gasteiger partial charge < -0.3 is 10.2 Å². The minimum Gasteiger partial charge on any atom is -0.337 e. The van der Waals surface area contributed by atoms with Crippen LogP contribution in [0.15, 0.2) is 0 Å². The molecular formula is C6H12ClN2O. The number of alkyl halides is 1. The fraction of sp³-hybridized carbons (Fsp3) is 0.667. The van der Waals surface area contributed by atoms with Gasteiger partial charge in [-0.3, -0.25) is 0 Å². The van der Waals surface area contributed by atoms with Crippen molar-refractivity contribution in [2.75, 3.05) is 26.0 Å². The zero-order valence-electron chi connectivity index (χ0n) is 6.06. The smallest absolute Gasteiger partial charge is 0.317 e. The van der Waals surface area contributed by atoms with Crippen LogP contribution >= 0.6 is 11.6 Å². The van der Waals surface area contributed by atoms with Crippen molar-refractivity contribution in [2.24, 2.45) is 0 Å². The molecule has 1 N–H and O–H groups in total. The Labute approximate surface area is 66.3 Å². The predicted molar refractivity (Wildman–Crippen MR) is 42.1 cm³/mol. The molecule has 2 amide bonds. The molecule has 0 aliphatic rings. The van der Waals surface area contributed by atoms with Crippen molar-refractivity contribution in [1.29, 1.82) is 0 Å². The molecule has 0 unspecified atom stereocenters. The molecule has 1 radical (unpaired) electrons. The highest BCUT2D eigenvalue weighted by Gasteiger charge is 2.02. The Hall–Kier alpha value is -0.440. The highest BCUT2D eigenvalue weighted by atomic mass is 35.5. The van der Waals surface area contributed by atoms with E-state index in [1.165, 1.54) is 4.90 Å². The molecule has 59 valence electrons. The maximum absolute atomic E-state index is 10.8. The number of hydrogen-bond acceptors (Lipinski definition) is 1. The van der Waals surface area contributed by atoms with Gasteiger partial charge in [-0.15, -0.1) is 11.6 Å². The van der Waals surface area contributed by atoms with Gasteiger partial charge in [-0.05, 0) is 6.92 Å². The van der Waals surface area contributed by atoms with Gasteiger partial charge in [0.15, 0.2) is 0 Å². The Bertz CT molecular complexity index is 108. The lowest BCUT2D eigenvalue weighted by atomic mass is 10.6. The predicted octanol–water partition coefficient (Wildman–Crippen LogP) is 0.701. The van der Waals surface area contributed by atoms with Gasteiger partial charge in [0.25, 0.3) is 0 Å². The van der Waals surface area contributed by atoms with Crippen LogP contribution in [0.2, 0.25) is 0 Å². The number of nitrogens with one attached hydrogen (secondary N) is 1. The summed E-state index contributed by atoms with van der Waals surface area (Å²) in [7, 11) is 1.68. The van der Waals surface area contributed by atoms with E-state index in [2.05, 4.69) is 12.2 Å². The van der Waals surface area contributed by atoms with E-state index in [-0.39, 0.29) is 6.03 Å². The lowest BCUT2D eigenvalue weighted by Gasteiger charge is -2.14. The number of rotatable bonds is 3. The molecule has 0 aromatic heterocycles. The van der Waals surface area contributed by atoms with Crippen molar-refractivity contribution >= 4 is 17.6 Å². The second-order valence-corrected chi connectivity index (χ2v) is 2.22. The molecule has 0 aliphatic carbocycles. The molecule has 0 aromatic carbocycles. The zero-order chi connectivity index (χ0) is 7.98. The van der Waals surface area contributed by atoms with Crippen molar-refractivity contribution in [3.8, 4) is 0 Å². The quantitative estimate of drug-likeness (QED) is 0.611. The molecule has 0 saturated heterocycles. The summed E-state index contributed by atoms with van der Waals surface area (Å²) in [5, 5.41) is 2.60. The molecule has 0 atom stereocenters. The first-order valence-electron chi connectivity index (χ1n) is 3.06.